The average Bonchev–Trinajstić information content (AvgIpc) is 2.30. The summed E-state index contributed by atoms with van der Waals surface area (Å²) in [5, 5.41) is 0. The van der Waals surface area contributed by atoms with Crippen molar-refractivity contribution in [2.45, 2.75) is 13.8 Å². The Balaban J connectivity index is 2.61. The second kappa shape index (κ2) is 4.24. The van der Waals surface area contributed by atoms with E-state index < -0.39 is 17.5 Å². The van der Waals surface area contributed by atoms with E-state index in [4.69, 9.17) is 0 Å². The molecule has 2 aromatic carbocycles. The van der Waals surface area contributed by atoms with Gasteiger partial charge in [0, 0.05) is 5.56 Å². The molecule has 0 aliphatic rings. The molecule has 3 heteroatoms. The van der Waals surface area contributed by atoms with Crippen LogP contribution in [0, 0.1) is 31.3 Å². The van der Waals surface area contributed by atoms with Crippen LogP contribution in [0.4, 0.5) is 13.2 Å². The van der Waals surface area contributed by atoms with E-state index in [1.165, 1.54) is 25.1 Å². The zero-order valence-corrected chi connectivity index (χ0v) is 9.52. The molecule has 0 saturated carbocycles. The van der Waals surface area contributed by atoms with E-state index in [2.05, 4.69) is 0 Å². The Labute approximate surface area is 97.7 Å². The Morgan fingerprint density at radius 3 is 2.06 bits per heavy atom. The Bertz CT molecular complexity index is 574. The summed E-state index contributed by atoms with van der Waals surface area (Å²) in [6.07, 6.45) is 0. The molecule has 0 aliphatic carbocycles. The van der Waals surface area contributed by atoms with Crippen molar-refractivity contribution in [1.29, 1.82) is 0 Å². The van der Waals surface area contributed by atoms with Gasteiger partial charge in [0.25, 0.3) is 0 Å². The van der Waals surface area contributed by atoms with Crippen molar-refractivity contribution < 1.29 is 13.2 Å². The Morgan fingerprint density at radius 1 is 0.765 bits per heavy atom. The lowest BCUT2D eigenvalue weighted by atomic mass is 10.0. The van der Waals surface area contributed by atoms with Crippen molar-refractivity contribution in [2.75, 3.05) is 0 Å². The van der Waals surface area contributed by atoms with Crippen LogP contribution in [-0.2, 0) is 0 Å². The predicted molar refractivity (Wildman–Crippen MR) is 61.2 cm³/mol. The van der Waals surface area contributed by atoms with Gasteiger partial charge in [0.15, 0.2) is 11.6 Å². The van der Waals surface area contributed by atoms with Crippen molar-refractivity contribution in [2.24, 2.45) is 0 Å². The fraction of sp³-hybridized carbons (Fsp3) is 0.143. The first-order valence-electron chi connectivity index (χ1n) is 5.22. The van der Waals surface area contributed by atoms with E-state index in [1.54, 1.807) is 19.1 Å². The van der Waals surface area contributed by atoms with E-state index >= 15 is 0 Å². The van der Waals surface area contributed by atoms with Gasteiger partial charge in [0.2, 0.25) is 0 Å². The minimum Gasteiger partial charge on any atom is -0.207 e. The molecular formula is C14H11F3. The van der Waals surface area contributed by atoms with Crippen molar-refractivity contribution in [3.8, 4) is 11.1 Å². The Kier molecular flexibility index (Phi) is 2.92. The number of halogens is 3. The van der Waals surface area contributed by atoms with Crippen LogP contribution in [0.25, 0.3) is 11.1 Å². The Morgan fingerprint density at radius 2 is 1.41 bits per heavy atom. The molecule has 0 amide bonds. The molecule has 0 bridgehead atoms. The number of aryl methyl sites for hydroxylation is 2. The van der Waals surface area contributed by atoms with E-state index in [1.807, 2.05) is 0 Å². The second-order valence-electron chi connectivity index (χ2n) is 4.02. The maximum absolute atomic E-state index is 13.7. The topological polar surface area (TPSA) is 0 Å². The zero-order valence-electron chi connectivity index (χ0n) is 9.52. The zero-order chi connectivity index (χ0) is 12.6. The van der Waals surface area contributed by atoms with Crippen LogP contribution in [0.3, 0.4) is 0 Å². The number of benzene rings is 2. The molecule has 0 radical (unpaired) electrons. The molecule has 0 heterocycles. The summed E-state index contributed by atoms with van der Waals surface area (Å²) in [7, 11) is 0. The fourth-order valence-corrected chi connectivity index (χ4v) is 1.63. The monoisotopic (exact) mass is 236 g/mol. The molecule has 2 rings (SSSR count). The third-order valence-electron chi connectivity index (χ3n) is 2.76. The van der Waals surface area contributed by atoms with Crippen molar-refractivity contribution in [3.05, 3.63) is 58.9 Å². The summed E-state index contributed by atoms with van der Waals surface area (Å²) in [6, 6.07) is 7.26. The van der Waals surface area contributed by atoms with Crippen LogP contribution >= 0.6 is 0 Å². The molecule has 17 heavy (non-hydrogen) atoms. The fourth-order valence-electron chi connectivity index (χ4n) is 1.63. The molecule has 0 N–H and O–H groups in total. The third-order valence-corrected chi connectivity index (χ3v) is 2.76. The van der Waals surface area contributed by atoms with Gasteiger partial charge in [0.1, 0.15) is 5.82 Å². The van der Waals surface area contributed by atoms with E-state index in [0.717, 1.165) is 0 Å². The van der Waals surface area contributed by atoms with E-state index in [-0.39, 0.29) is 11.1 Å². The van der Waals surface area contributed by atoms with Crippen molar-refractivity contribution in [1.82, 2.24) is 0 Å². The molecule has 2 aromatic rings. The molecule has 0 fully saturated rings. The van der Waals surface area contributed by atoms with E-state index in [0.29, 0.717) is 11.1 Å². The lowest BCUT2D eigenvalue weighted by Gasteiger charge is -2.07. The SMILES string of the molecule is Cc1ccc(-c2ccc(C)c(F)c2F)cc1F. The summed E-state index contributed by atoms with van der Waals surface area (Å²) in [5.74, 6) is -2.25. The van der Waals surface area contributed by atoms with Crippen LogP contribution in [0.2, 0.25) is 0 Å². The number of hydrogen-bond donors (Lipinski definition) is 0. The molecule has 0 saturated heterocycles. The lowest BCUT2D eigenvalue weighted by Crippen LogP contribution is -1.94. The molecule has 0 spiro atoms. The van der Waals surface area contributed by atoms with Crippen LogP contribution < -0.4 is 0 Å². The smallest absolute Gasteiger partial charge is 0.166 e. The normalized spacial score (nSPS) is 10.6. The molecule has 0 aromatic heterocycles. The predicted octanol–water partition coefficient (Wildman–Crippen LogP) is 4.39. The van der Waals surface area contributed by atoms with Crippen LogP contribution in [0.15, 0.2) is 30.3 Å². The third kappa shape index (κ3) is 2.05. The average molecular weight is 236 g/mol. The summed E-state index contributed by atoms with van der Waals surface area (Å²) in [5.41, 5.74) is 1.12. The van der Waals surface area contributed by atoms with Gasteiger partial charge in [-0.15, -0.1) is 0 Å². The molecule has 0 unspecified atom stereocenters. The highest BCUT2D eigenvalue weighted by molar-refractivity contribution is 5.65. The van der Waals surface area contributed by atoms with Crippen LogP contribution in [0.1, 0.15) is 11.1 Å². The van der Waals surface area contributed by atoms with Crippen molar-refractivity contribution >= 4 is 0 Å². The standard InChI is InChI=1S/C14H11F3/c1-8-3-5-10(7-12(8)15)11-6-4-9(2)13(16)14(11)17/h3-7H,1-2H3. The first-order valence-corrected chi connectivity index (χ1v) is 5.22. The lowest BCUT2D eigenvalue weighted by molar-refractivity contribution is 0.505. The van der Waals surface area contributed by atoms with Gasteiger partial charge in [-0.1, -0.05) is 24.3 Å². The van der Waals surface area contributed by atoms with Gasteiger partial charge in [-0.25, -0.2) is 13.2 Å². The van der Waals surface area contributed by atoms with Crippen molar-refractivity contribution in [3.63, 3.8) is 0 Å². The van der Waals surface area contributed by atoms with Gasteiger partial charge >= 0.3 is 0 Å². The largest absolute Gasteiger partial charge is 0.207 e. The maximum Gasteiger partial charge on any atom is 0.166 e. The summed E-state index contributed by atoms with van der Waals surface area (Å²) >= 11 is 0. The maximum atomic E-state index is 13.7. The minimum absolute atomic E-state index is 0.0759. The second-order valence-corrected chi connectivity index (χ2v) is 4.02. The Hall–Kier alpha value is -1.77. The highest BCUT2D eigenvalue weighted by Gasteiger charge is 2.13. The molecule has 0 nitrogen and oxygen atoms in total. The highest BCUT2D eigenvalue weighted by atomic mass is 19.2. The first-order chi connectivity index (χ1) is 8.00. The molecular weight excluding hydrogens is 225 g/mol. The first kappa shape index (κ1) is 11.7. The quantitative estimate of drug-likeness (QED) is 0.689. The molecule has 88 valence electrons. The van der Waals surface area contributed by atoms with Gasteiger partial charge < -0.3 is 0 Å². The summed E-state index contributed by atoms with van der Waals surface area (Å²) in [6.45, 7) is 3.10. The molecule has 0 aliphatic heterocycles. The summed E-state index contributed by atoms with van der Waals surface area (Å²) in [4.78, 5) is 0. The molecule has 0 atom stereocenters. The van der Waals surface area contributed by atoms with Crippen LogP contribution in [-0.4, -0.2) is 0 Å². The van der Waals surface area contributed by atoms with Gasteiger partial charge in [-0.3, -0.25) is 0 Å². The van der Waals surface area contributed by atoms with E-state index in [9.17, 15) is 13.2 Å². The minimum atomic E-state index is -0.937. The van der Waals surface area contributed by atoms with Crippen LogP contribution in [0.5, 0.6) is 0 Å². The summed E-state index contributed by atoms with van der Waals surface area (Å²) < 4.78 is 40.4. The van der Waals surface area contributed by atoms with Gasteiger partial charge in [-0.2, -0.15) is 0 Å². The van der Waals surface area contributed by atoms with Gasteiger partial charge in [0.05, 0.1) is 0 Å². The number of rotatable bonds is 1. The number of hydrogen-bond acceptors (Lipinski definition) is 0. The van der Waals surface area contributed by atoms with Gasteiger partial charge in [-0.05, 0) is 36.6 Å². The highest BCUT2D eigenvalue weighted by Crippen LogP contribution is 2.27.